The molecule has 0 radical (unpaired) electrons. The highest BCUT2D eigenvalue weighted by atomic mass is 35.5. The Balaban J connectivity index is 2.40. The molecule has 170 valence electrons. The summed E-state index contributed by atoms with van der Waals surface area (Å²) in [6, 6.07) is 1.28. The van der Waals surface area contributed by atoms with Crippen molar-refractivity contribution >= 4 is 23.6 Å². The summed E-state index contributed by atoms with van der Waals surface area (Å²) in [5.41, 5.74) is -0.0994. The minimum absolute atomic E-state index is 0.0997. The molecule has 0 spiro atoms. The third-order valence-corrected chi connectivity index (χ3v) is 4.64. The average molecular weight is 471 g/mol. The fraction of sp³-hybridized carbons (Fsp3) is 0.438. The number of hydrogen-bond acceptors (Lipinski definition) is 9. The molecular weight excluding hydrogens is 457 g/mol. The predicted octanol–water partition coefficient (Wildman–Crippen LogP) is 2.99. The van der Waals surface area contributed by atoms with Crippen molar-refractivity contribution in [2.75, 3.05) is 13.2 Å². The van der Waals surface area contributed by atoms with Crippen LogP contribution in [0.2, 0.25) is 5.02 Å². The standard InChI is InChI=1S/C16H14ClF3N2O9/c1-7-3-12-10(8(2)13(7)17)4-11(14(31-12)16(18,19)20)15(23)30-9(5-28-21(24)25)6-29-22(26)27/h3-4,9,14H,5-6H2,1-2H3/t14-/m0/s1. The lowest BCUT2D eigenvalue weighted by Gasteiger charge is -2.30. The number of hydrogen-bond donors (Lipinski definition) is 0. The van der Waals surface area contributed by atoms with Gasteiger partial charge >= 0.3 is 12.1 Å². The van der Waals surface area contributed by atoms with Crippen LogP contribution < -0.4 is 4.74 Å². The van der Waals surface area contributed by atoms with E-state index in [2.05, 4.69) is 9.68 Å². The molecule has 1 aromatic rings. The summed E-state index contributed by atoms with van der Waals surface area (Å²) in [4.78, 5) is 41.1. The van der Waals surface area contributed by atoms with E-state index in [1.54, 1.807) is 6.92 Å². The van der Waals surface area contributed by atoms with Crippen LogP contribution in [0.4, 0.5) is 13.2 Å². The van der Waals surface area contributed by atoms with E-state index in [9.17, 15) is 38.2 Å². The van der Waals surface area contributed by atoms with E-state index in [1.165, 1.54) is 13.0 Å². The Labute approximate surface area is 176 Å². The largest absolute Gasteiger partial charge is 0.475 e. The summed E-state index contributed by atoms with van der Waals surface area (Å²) in [5, 5.41) is 18.3. The number of ether oxygens (including phenoxy) is 2. The molecule has 1 aliphatic rings. The number of halogens is 4. The first kappa shape index (κ1) is 24.0. The number of alkyl halides is 3. The molecule has 0 amide bonds. The molecule has 31 heavy (non-hydrogen) atoms. The van der Waals surface area contributed by atoms with Gasteiger partial charge in [-0.25, -0.2) is 4.79 Å². The first-order valence-electron chi connectivity index (χ1n) is 8.31. The van der Waals surface area contributed by atoms with Gasteiger partial charge in [0, 0.05) is 10.6 Å². The van der Waals surface area contributed by atoms with Crippen molar-refractivity contribution < 1.29 is 47.3 Å². The number of benzene rings is 1. The number of aryl methyl sites for hydroxylation is 1. The fourth-order valence-electron chi connectivity index (χ4n) is 2.67. The van der Waals surface area contributed by atoms with Crippen LogP contribution in [0, 0.1) is 34.1 Å². The zero-order valence-corrected chi connectivity index (χ0v) is 16.6. The monoisotopic (exact) mass is 470 g/mol. The van der Waals surface area contributed by atoms with Crippen molar-refractivity contribution in [1.82, 2.24) is 0 Å². The maximum absolute atomic E-state index is 13.5. The van der Waals surface area contributed by atoms with Crippen molar-refractivity contribution in [1.29, 1.82) is 0 Å². The molecule has 15 heteroatoms. The Morgan fingerprint density at radius 2 is 1.77 bits per heavy atom. The number of esters is 1. The Kier molecular flexibility index (Phi) is 7.15. The molecule has 0 saturated carbocycles. The second-order valence-corrected chi connectivity index (χ2v) is 6.63. The Morgan fingerprint density at radius 1 is 1.23 bits per heavy atom. The van der Waals surface area contributed by atoms with Crippen LogP contribution in [0.3, 0.4) is 0 Å². The zero-order valence-electron chi connectivity index (χ0n) is 15.8. The van der Waals surface area contributed by atoms with Gasteiger partial charge in [0.25, 0.3) is 10.2 Å². The highest BCUT2D eigenvalue weighted by Crippen LogP contribution is 2.41. The summed E-state index contributed by atoms with van der Waals surface area (Å²) < 4.78 is 50.4. The molecule has 0 unspecified atom stereocenters. The molecule has 11 nitrogen and oxygen atoms in total. The highest BCUT2D eigenvalue weighted by Gasteiger charge is 2.49. The van der Waals surface area contributed by atoms with E-state index in [0.717, 1.165) is 6.08 Å². The molecule has 1 atom stereocenters. The molecule has 1 heterocycles. The summed E-state index contributed by atoms with van der Waals surface area (Å²) >= 11 is 6.11. The van der Waals surface area contributed by atoms with Crippen LogP contribution in [0.15, 0.2) is 11.6 Å². The predicted molar refractivity (Wildman–Crippen MR) is 95.1 cm³/mol. The van der Waals surface area contributed by atoms with Crippen LogP contribution >= 0.6 is 11.6 Å². The van der Waals surface area contributed by atoms with Crippen molar-refractivity contribution in [3.05, 3.63) is 53.6 Å². The quantitative estimate of drug-likeness (QED) is 0.318. The number of carbonyl (C=O) groups excluding carboxylic acids is 1. The SMILES string of the molecule is Cc1cc2c(c(C)c1Cl)C=C(C(=O)OC(CO[N+](=O)[O-])CO[N+](=O)[O-])[C@@H](C(F)(F)F)O2. The number of carbonyl (C=O) groups is 1. The third-order valence-electron chi connectivity index (χ3n) is 4.06. The first-order chi connectivity index (χ1) is 14.3. The van der Waals surface area contributed by atoms with Crippen LogP contribution in [0.25, 0.3) is 6.08 Å². The average Bonchev–Trinajstić information content (AvgIpc) is 2.66. The van der Waals surface area contributed by atoms with Crippen LogP contribution in [-0.4, -0.2) is 47.7 Å². The lowest BCUT2D eigenvalue weighted by molar-refractivity contribution is -0.768. The lowest BCUT2D eigenvalue weighted by Crippen LogP contribution is -2.42. The molecule has 1 aliphatic heterocycles. The number of nitrogens with zero attached hydrogens (tertiary/aromatic N) is 2. The molecule has 0 aromatic heterocycles. The van der Waals surface area contributed by atoms with Crippen LogP contribution in [-0.2, 0) is 19.2 Å². The van der Waals surface area contributed by atoms with Gasteiger partial charge in [0.1, 0.15) is 25.1 Å². The number of rotatable bonds is 8. The topological polar surface area (TPSA) is 140 Å². The summed E-state index contributed by atoms with van der Waals surface area (Å²) in [7, 11) is 0. The fourth-order valence-corrected chi connectivity index (χ4v) is 2.82. The van der Waals surface area contributed by atoms with E-state index >= 15 is 0 Å². The van der Waals surface area contributed by atoms with Gasteiger partial charge < -0.3 is 19.1 Å². The summed E-state index contributed by atoms with van der Waals surface area (Å²) in [5.74, 6) is -1.75. The molecule has 0 fully saturated rings. The lowest BCUT2D eigenvalue weighted by atomic mass is 9.96. The second-order valence-electron chi connectivity index (χ2n) is 6.25. The second kappa shape index (κ2) is 9.24. The van der Waals surface area contributed by atoms with Crippen LogP contribution in [0.5, 0.6) is 5.75 Å². The molecular formula is C16H14ClF3N2O9. The van der Waals surface area contributed by atoms with Gasteiger partial charge in [0.15, 0.2) is 0 Å². The van der Waals surface area contributed by atoms with Gasteiger partial charge in [-0.1, -0.05) is 11.6 Å². The molecule has 0 N–H and O–H groups in total. The van der Waals surface area contributed by atoms with Crippen molar-refractivity contribution in [3.63, 3.8) is 0 Å². The maximum Gasteiger partial charge on any atom is 0.430 e. The minimum atomic E-state index is -5.03. The van der Waals surface area contributed by atoms with Gasteiger partial charge in [-0.05, 0) is 37.1 Å². The van der Waals surface area contributed by atoms with Crippen molar-refractivity contribution in [3.8, 4) is 5.75 Å². The van der Waals surface area contributed by atoms with E-state index in [-0.39, 0.29) is 16.3 Å². The molecule has 0 saturated heterocycles. The van der Waals surface area contributed by atoms with Crippen molar-refractivity contribution in [2.45, 2.75) is 32.2 Å². The molecule has 0 aliphatic carbocycles. The smallest absolute Gasteiger partial charge is 0.430 e. The Bertz CT molecular complexity index is 918. The van der Waals surface area contributed by atoms with Gasteiger partial charge in [-0.2, -0.15) is 13.2 Å². The third kappa shape index (κ3) is 5.87. The van der Waals surface area contributed by atoms with Gasteiger partial charge in [0.05, 0.1) is 5.57 Å². The highest BCUT2D eigenvalue weighted by molar-refractivity contribution is 6.32. The first-order valence-corrected chi connectivity index (χ1v) is 8.69. The zero-order chi connectivity index (χ0) is 23.5. The molecule has 0 bridgehead atoms. The van der Waals surface area contributed by atoms with Gasteiger partial charge in [-0.15, -0.1) is 20.2 Å². The van der Waals surface area contributed by atoms with E-state index in [4.69, 9.17) is 21.1 Å². The van der Waals surface area contributed by atoms with Gasteiger partial charge in [-0.3, -0.25) is 0 Å². The molecule has 1 aromatic carbocycles. The normalized spacial score (nSPS) is 15.5. The summed E-state index contributed by atoms with van der Waals surface area (Å²) in [6.07, 6.45) is -8.64. The van der Waals surface area contributed by atoms with E-state index in [0.29, 0.717) is 11.1 Å². The van der Waals surface area contributed by atoms with E-state index in [1.807, 2.05) is 0 Å². The number of fused-ring (bicyclic) bond motifs is 1. The Hall–Kier alpha value is -3.29. The maximum atomic E-state index is 13.5. The van der Waals surface area contributed by atoms with Crippen molar-refractivity contribution in [2.24, 2.45) is 0 Å². The molecule has 2 rings (SSSR count). The minimum Gasteiger partial charge on any atom is -0.475 e. The Morgan fingerprint density at radius 3 is 2.26 bits per heavy atom. The van der Waals surface area contributed by atoms with Gasteiger partial charge in [0.2, 0.25) is 6.10 Å². The van der Waals surface area contributed by atoms with E-state index < -0.39 is 53.3 Å². The summed E-state index contributed by atoms with van der Waals surface area (Å²) in [6.45, 7) is 1.03. The van der Waals surface area contributed by atoms with Crippen LogP contribution in [0.1, 0.15) is 16.7 Å².